The van der Waals surface area contributed by atoms with Gasteiger partial charge in [-0.05, 0) is 31.5 Å². The number of alkyl halides is 13. The minimum atomic E-state index is -8.07. The molecule has 0 aromatic carbocycles. The third kappa shape index (κ3) is 3.75. The molecule has 0 spiro atoms. The number of amides is 1. The highest BCUT2D eigenvalue weighted by atomic mass is 19.4. The minimum absolute atomic E-state index is 0.0120. The number of halogens is 13. The number of carbonyl (C=O) groups is 1. The molecule has 1 N–H and O–H groups in total. The molecule has 16 heteroatoms. The maximum absolute atomic E-state index is 13.7. The fourth-order valence-electron chi connectivity index (χ4n) is 2.01. The molecule has 0 aliphatic carbocycles. The van der Waals surface area contributed by atoms with Crippen molar-refractivity contribution in [2.75, 3.05) is 5.32 Å². The van der Waals surface area contributed by atoms with E-state index in [0.717, 1.165) is 11.4 Å². The lowest BCUT2D eigenvalue weighted by atomic mass is 9.93. The zero-order valence-corrected chi connectivity index (χ0v) is 14.4. The van der Waals surface area contributed by atoms with E-state index in [-0.39, 0.29) is 11.3 Å². The van der Waals surface area contributed by atoms with E-state index in [1.165, 1.54) is 19.9 Å². The molecular formula is C14H9F13N2O. The normalized spacial score (nSPS) is 14.6. The second kappa shape index (κ2) is 7.14. The molecule has 1 heterocycles. The Bertz CT molecular complexity index is 796. The zero-order valence-electron chi connectivity index (χ0n) is 14.4. The van der Waals surface area contributed by atoms with Gasteiger partial charge < -0.3 is 5.32 Å². The zero-order chi connectivity index (χ0) is 24.1. The Morgan fingerprint density at radius 3 is 1.57 bits per heavy atom. The van der Waals surface area contributed by atoms with Crippen molar-refractivity contribution in [1.29, 1.82) is 0 Å². The van der Waals surface area contributed by atoms with Gasteiger partial charge in [0.1, 0.15) is 5.82 Å². The second-order valence-electron chi connectivity index (χ2n) is 5.99. The summed E-state index contributed by atoms with van der Waals surface area (Å²) < 4.78 is 169. The number of anilines is 1. The van der Waals surface area contributed by atoms with Gasteiger partial charge in [0, 0.05) is 5.69 Å². The quantitative estimate of drug-likeness (QED) is 0.571. The highest BCUT2D eigenvalue weighted by Crippen LogP contribution is 2.60. The fraction of sp³-hybridized carbons (Fsp3) is 0.571. The Balaban J connectivity index is 3.42. The predicted molar refractivity (Wildman–Crippen MR) is 73.1 cm³/mol. The molecule has 0 fully saturated rings. The number of carbonyl (C=O) groups excluding carboxylic acids is 1. The van der Waals surface area contributed by atoms with Gasteiger partial charge in [0.05, 0.1) is 0 Å². The van der Waals surface area contributed by atoms with E-state index in [2.05, 4.69) is 4.98 Å². The van der Waals surface area contributed by atoms with Crippen LogP contribution in [0.4, 0.5) is 62.9 Å². The van der Waals surface area contributed by atoms with Crippen LogP contribution in [0.15, 0.2) is 12.1 Å². The maximum atomic E-state index is 13.7. The number of pyridine rings is 1. The Labute approximate surface area is 158 Å². The van der Waals surface area contributed by atoms with Crippen LogP contribution in [0.3, 0.4) is 0 Å². The highest BCUT2D eigenvalue weighted by molar-refractivity contribution is 5.96. The van der Waals surface area contributed by atoms with Crippen LogP contribution in [-0.2, 0) is 4.79 Å². The van der Waals surface area contributed by atoms with Crippen LogP contribution in [0, 0.1) is 13.8 Å². The SMILES string of the molecule is Cc1cc(C)nc(NC(=O)C(F)(F)C(F)(F)C(F)(F)C(F)(F)C(F)(F)C(F)(F)F)c1. The fourth-order valence-corrected chi connectivity index (χ4v) is 2.01. The van der Waals surface area contributed by atoms with Crippen LogP contribution < -0.4 is 5.32 Å². The van der Waals surface area contributed by atoms with Gasteiger partial charge in [-0.25, -0.2) is 4.98 Å². The first-order valence-corrected chi connectivity index (χ1v) is 7.26. The summed E-state index contributed by atoms with van der Waals surface area (Å²) in [4.78, 5) is 14.7. The molecule has 0 atom stereocenters. The number of nitrogens with one attached hydrogen (secondary N) is 1. The lowest BCUT2D eigenvalue weighted by Crippen LogP contribution is -2.71. The van der Waals surface area contributed by atoms with Crippen LogP contribution in [0.2, 0.25) is 0 Å². The molecule has 0 aliphatic heterocycles. The van der Waals surface area contributed by atoms with E-state index in [4.69, 9.17) is 0 Å². The first-order valence-electron chi connectivity index (χ1n) is 7.26. The van der Waals surface area contributed by atoms with Crippen LogP contribution >= 0.6 is 0 Å². The average Bonchev–Trinajstić information content (AvgIpc) is 2.51. The third-order valence-corrected chi connectivity index (χ3v) is 3.56. The largest absolute Gasteiger partial charge is 0.460 e. The number of hydrogen-bond acceptors (Lipinski definition) is 2. The molecule has 0 aliphatic rings. The summed E-state index contributed by atoms with van der Waals surface area (Å²) in [6.45, 7) is 2.49. The van der Waals surface area contributed by atoms with Gasteiger partial charge in [0.25, 0.3) is 0 Å². The molecule has 1 rings (SSSR count). The molecule has 0 radical (unpaired) electrons. The van der Waals surface area contributed by atoms with Crippen molar-refractivity contribution in [2.45, 2.75) is 49.6 Å². The standard InChI is InChI=1S/C14H9F13N2O/c1-5-3-6(2)28-7(4-5)29-8(30)9(15,16)10(17,18)11(19,20)12(21,22)13(23,24)14(25,26)27/h3-4H,1-2H3,(H,28,29,30). The smallest absolute Gasteiger partial charge is 0.305 e. The molecule has 0 saturated heterocycles. The summed E-state index contributed by atoms with van der Waals surface area (Å²) in [6, 6.07) is 2.03. The summed E-state index contributed by atoms with van der Waals surface area (Å²) in [5.74, 6) is -42.9. The van der Waals surface area contributed by atoms with Crippen molar-refractivity contribution in [3.63, 3.8) is 0 Å². The van der Waals surface area contributed by atoms with Gasteiger partial charge >= 0.3 is 41.7 Å². The molecule has 1 amide bonds. The molecule has 0 saturated carbocycles. The van der Waals surface area contributed by atoms with Gasteiger partial charge in [-0.3, -0.25) is 4.79 Å². The summed E-state index contributed by atoms with van der Waals surface area (Å²) in [6.07, 6.45) is -7.52. The number of hydrogen-bond donors (Lipinski definition) is 1. The van der Waals surface area contributed by atoms with E-state index in [1.807, 2.05) is 0 Å². The van der Waals surface area contributed by atoms with Gasteiger partial charge in [-0.2, -0.15) is 57.1 Å². The second-order valence-corrected chi connectivity index (χ2v) is 5.99. The third-order valence-electron chi connectivity index (χ3n) is 3.56. The topological polar surface area (TPSA) is 42.0 Å². The van der Waals surface area contributed by atoms with Crippen molar-refractivity contribution in [3.8, 4) is 0 Å². The lowest BCUT2D eigenvalue weighted by Gasteiger charge is -2.39. The van der Waals surface area contributed by atoms with E-state index in [9.17, 15) is 61.9 Å². The number of aryl methyl sites for hydroxylation is 2. The van der Waals surface area contributed by atoms with Crippen molar-refractivity contribution in [1.82, 2.24) is 4.98 Å². The van der Waals surface area contributed by atoms with Gasteiger partial charge in [-0.1, -0.05) is 0 Å². The van der Waals surface area contributed by atoms with Gasteiger partial charge in [0.2, 0.25) is 0 Å². The van der Waals surface area contributed by atoms with Crippen LogP contribution in [0.1, 0.15) is 11.3 Å². The molecule has 30 heavy (non-hydrogen) atoms. The van der Waals surface area contributed by atoms with Crippen LogP contribution in [0.25, 0.3) is 0 Å². The minimum Gasteiger partial charge on any atom is -0.305 e. The van der Waals surface area contributed by atoms with Crippen molar-refractivity contribution in [2.24, 2.45) is 0 Å². The van der Waals surface area contributed by atoms with Crippen LogP contribution in [-0.4, -0.2) is 46.7 Å². The molecule has 1 aromatic rings. The van der Waals surface area contributed by atoms with Crippen molar-refractivity contribution >= 4 is 11.7 Å². The molecule has 172 valence electrons. The summed E-state index contributed by atoms with van der Waals surface area (Å²) >= 11 is 0. The molecule has 0 bridgehead atoms. The summed E-state index contributed by atoms with van der Waals surface area (Å²) in [7, 11) is 0. The monoisotopic (exact) mass is 468 g/mol. The average molecular weight is 468 g/mol. The van der Waals surface area contributed by atoms with Gasteiger partial charge in [-0.15, -0.1) is 0 Å². The number of aromatic nitrogens is 1. The number of nitrogens with zero attached hydrogens (tertiary/aromatic N) is 1. The van der Waals surface area contributed by atoms with Gasteiger partial charge in [0.15, 0.2) is 0 Å². The molecule has 0 unspecified atom stereocenters. The number of rotatable bonds is 6. The molecule has 1 aromatic heterocycles. The van der Waals surface area contributed by atoms with E-state index in [0.29, 0.717) is 0 Å². The Morgan fingerprint density at radius 2 is 1.17 bits per heavy atom. The molecular weight excluding hydrogens is 459 g/mol. The Hall–Kier alpha value is -2.29. The van der Waals surface area contributed by atoms with E-state index in [1.54, 1.807) is 0 Å². The molecule has 3 nitrogen and oxygen atoms in total. The maximum Gasteiger partial charge on any atom is 0.460 e. The van der Waals surface area contributed by atoms with Crippen molar-refractivity contribution in [3.05, 3.63) is 23.4 Å². The lowest BCUT2D eigenvalue weighted by molar-refractivity contribution is -0.435. The van der Waals surface area contributed by atoms with Crippen LogP contribution in [0.5, 0.6) is 0 Å². The summed E-state index contributed by atoms with van der Waals surface area (Å²) in [5, 5.41) is 0.894. The highest BCUT2D eigenvalue weighted by Gasteiger charge is 2.91. The van der Waals surface area contributed by atoms with Crippen molar-refractivity contribution < 1.29 is 61.9 Å². The Morgan fingerprint density at radius 1 is 0.733 bits per heavy atom. The van der Waals surface area contributed by atoms with E-state index < -0.39 is 47.5 Å². The first kappa shape index (κ1) is 25.7. The van der Waals surface area contributed by atoms with E-state index >= 15 is 0 Å². The predicted octanol–water partition coefficient (Wildman–Crippen LogP) is 5.38. The summed E-state index contributed by atoms with van der Waals surface area (Å²) in [5.41, 5.74) is 0.164. The Kier molecular flexibility index (Phi) is 6.13. The first-order chi connectivity index (χ1) is 13.0.